The van der Waals surface area contributed by atoms with Gasteiger partial charge in [0.15, 0.2) is 0 Å². The van der Waals surface area contributed by atoms with Gasteiger partial charge in [0.1, 0.15) is 11.4 Å². The Kier molecular flexibility index (Phi) is 7.69. The maximum absolute atomic E-state index is 12.1. The molecule has 2 aromatic carbocycles. The molecule has 0 aliphatic heterocycles. The van der Waals surface area contributed by atoms with Crippen LogP contribution in [0.5, 0.6) is 5.75 Å². The van der Waals surface area contributed by atoms with Gasteiger partial charge in [0.25, 0.3) is 0 Å². The van der Waals surface area contributed by atoms with Gasteiger partial charge in [-0.05, 0) is 24.3 Å². The Morgan fingerprint density at radius 1 is 0.944 bits per heavy atom. The average Bonchev–Trinajstić information content (AvgIpc) is 2.30. The first-order chi connectivity index (χ1) is 8.16. The molecule has 1 atom stereocenters. The van der Waals surface area contributed by atoms with Crippen LogP contribution in [0.15, 0.2) is 65.6 Å². The van der Waals surface area contributed by atoms with E-state index in [0.717, 1.165) is 16.3 Å². The van der Waals surface area contributed by atoms with Crippen molar-refractivity contribution in [2.75, 3.05) is 0 Å². The van der Waals surface area contributed by atoms with E-state index in [1.807, 2.05) is 48.5 Å². The van der Waals surface area contributed by atoms with Crippen LogP contribution in [0.4, 0.5) is 0 Å². The van der Waals surface area contributed by atoms with Crippen molar-refractivity contribution in [1.29, 1.82) is 0 Å². The minimum absolute atomic E-state index is 0. The van der Waals surface area contributed by atoms with E-state index in [9.17, 15) is 4.89 Å². The van der Waals surface area contributed by atoms with Crippen LogP contribution < -0.4 is 60.8 Å². The fourth-order valence-corrected chi connectivity index (χ4v) is 4.74. The van der Waals surface area contributed by atoms with Crippen molar-refractivity contribution in [2.24, 2.45) is 0 Å². The third-order valence-corrected chi connectivity index (χ3v) is 5.48. The SMILES string of the molecule is [K+].[O-]P(=S)(Oc1ccccc1)Sc1ccccc1. The zero-order chi connectivity index (χ0) is 12.1. The third-order valence-electron chi connectivity index (χ3n) is 1.92. The van der Waals surface area contributed by atoms with E-state index >= 15 is 0 Å². The molecule has 0 saturated carbocycles. The maximum Gasteiger partial charge on any atom is 1.00 e. The van der Waals surface area contributed by atoms with E-state index in [0.29, 0.717) is 5.75 Å². The van der Waals surface area contributed by atoms with Gasteiger partial charge in [0.2, 0.25) is 0 Å². The molecule has 0 spiro atoms. The van der Waals surface area contributed by atoms with Crippen molar-refractivity contribution >= 4 is 28.9 Å². The largest absolute Gasteiger partial charge is 1.00 e. The molecule has 0 bridgehead atoms. The second-order valence-corrected chi connectivity index (χ2v) is 9.11. The molecule has 2 nitrogen and oxygen atoms in total. The standard InChI is InChI=1S/C12H11O2PS2.K/c13-15(16,14-11-7-3-1-4-8-11)17-12-9-5-2-6-10-12;/h1-10H,(H,13,16);/q;+1/p-1. The molecule has 0 heterocycles. The maximum atomic E-state index is 12.1. The number of para-hydroxylation sites is 1. The van der Waals surface area contributed by atoms with Crippen molar-refractivity contribution in [3.05, 3.63) is 60.7 Å². The molecule has 88 valence electrons. The Morgan fingerprint density at radius 2 is 1.44 bits per heavy atom. The topological polar surface area (TPSA) is 32.3 Å². The summed E-state index contributed by atoms with van der Waals surface area (Å²) >= 11 is 6.09. The van der Waals surface area contributed by atoms with Crippen molar-refractivity contribution < 1.29 is 60.8 Å². The minimum atomic E-state index is -3.14. The van der Waals surface area contributed by atoms with Crippen molar-refractivity contribution in [1.82, 2.24) is 0 Å². The van der Waals surface area contributed by atoms with Crippen LogP contribution in [0.25, 0.3) is 0 Å². The summed E-state index contributed by atoms with van der Waals surface area (Å²) in [4.78, 5) is 13.0. The molecule has 2 aromatic rings. The van der Waals surface area contributed by atoms with Gasteiger partial charge in [-0.25, -0.2) is 0 Å². The predicted octanol–water partition coefficient (Wildman–Crippen LogP) is 0.447. The van der Waals surface area contributed by atoms with Crippen LogP contribution >= 0.6 is 17.1 Å². The first-order valence-corrected chi connectivity index (χ1v) is 9.02. The first kappa shape index (κ1) is 16.9. The number of benzene rings is 2. The summed E-state index contributed by atoms with van der Waals surface area (Å²) in [6.45, 7) is 0. The fraction of sp³-hybridized carbons (Fsp3) is 0. The molecule has 1 unspecified atom stereocenters. The summed E-state index contributed by atoms with van der Waals surface area (Å²) in [7, 11) is 0. The Labute approximate surface area is 158 Å². The molecule has 0 fully saturated rings. The van der Waals surface area contributed by atoms with Gasteiger partial charge in [-0.3, -0.25) is 0 Å². The van der Waals surface area contributed by atoms with Crippen LogP contribution in [0.2, 0.25) is 0 Å². The van der Waals surface area contributed by atoms with E-state index < -0.39 is 5.69 Å². The molecule has 0 aliphatic rings. The van der Waals surface area contributed by atoms with Gasteiger partial charge in [0.05, 0.1) is 0 Å². The summed E-state index contributed by atoms with van der Waals surface area (Å²) in [5.41, 5.74) is -3.14. The van der Waals surface area contributed by atoms with Gasteiger partial charge in [-0.2, -0.15) is 0 Å². The predicted molar refractivity (Wildman–Crippen MR) is 73.7 cm³/mol. The molecule has 0 aliphatic carbocycles. The molecule has 18 heavy (non-hydrogen) atoms. The van der Waals surface area contributed by atoms with E-state index in [4.69, 9.17) is 16.3 Å². The summed E-state index contributed by atoms with van der Waals surface area (Å²) in [5, 5.41) is 0. The van der Waals surface area contributed by atoms with Gasteiger partial charge in [-0.15, -0.1) is 0 Å². The fourth-order valence-electron chi connectivity index (χ4n) is 1.24. The van der Waals surface area contributed by atoms with Crippen molar-refractivity contribution in [3.8, 4) is 5.75 Å². The quantitative estimate of drug-likeness (QED) is 0.605. The van der Waals surface area contributed by atoms with E-state index in [-0.39, 0.29) is 51.4 Å². The first-order valence-electron chi connectivity index (χ1n) is 4.96. The third kappa shape index (κ3) is 5.86. The molecule has 2 rings (SSSR count). The molecule has 0 amide bonds. The Balaban J connectivity index is 0.00000162. The summed E-state index contributed by atoms with van der Waals surface area (Å²) in [5.74, 6) is 0.536. The average molecular weight is 320 g/mol. The minimum Gasteiger partial charge on any atom is -0.783 e. The van der Waals surface area contributed by atoms with Gasteiger partial charge >= 0.3 is 51.4 Å². The van der Waals surface area contributed by atoms with Crippen LogP contribution in [-0.4, -0.2) is 0 Å². The second-order valence-electron chi connectivity index (χ2n) is 3.26. The molecular formula is C12H10KO2PS2. The molecule has 6 heteroatoms. The molecular weight excluding hydrogens is 310 g/mol. The smallest absolute Gasteiger partial charge is 0.783 e. The van der Waals surface area contributed by atoms with Gasteiger partial charge < -0.3 is 9.42 Å². The Morgan fingerprint density at radius 3 is 2.00 bits per heavy atom. The molecule has 0 radical (unpaired) electrons. The Bertz CT molecular complexity index is 477. The van der Waals surface area contributed by atoms with E-state index in [1.54, 1.807) is 12.1 Å². The Hall–Kier alpha value is 0.836. The number of hydrogen-bond acceptors (Lipinski definition) is 4. The number of hydrogen-bond donors (Lipinski definition) is 0. The van der Waals surface area contributed by atoms with E-state index in [1.165, 1.54) is 0 Å². The van der Waals surface area contributed by atoms with Crippen LogP contribution in [-0.2, 0) is 11.8 Å². The summed E-state index contributed by atoms with van der Waals surface area (Å²) in [6, 6.07) is 18.4. The van der Waals surface area contributed by atoms with Crippen LogP contribution in [0.1, 0.15) is 0 Å². The van der Waals surface area contributed by atoms with Crippen LogP contribution in [0, 0.1) is 0 Å². The number of rotatable bonds is 4. The van der Waals surface area contributed by atoms with Crippen LogP contribution in [0.3, 0.4) is 0 Å². The summed E-state index contributed by atoms with van der Waals surface area (Å²) in [6.07, 6.45) is 0. The molecule has 0 aromatic heterocycles. The van der Waals surface area contributed by atoms with Gasteiger partial charge in [-0.1, -0.05) is 59.6 Å². The van der Waals surface area contributed by atoms with E-state index in [2.05, 4.69) is 0 Å². The summed E-state index contributed by atoms with van der Waals surface area (Å²) < 4.78 is 5.34. The van der Waals surface area contributed by atoms with Crippen molar-refractivity contribution in [3.63, 3.8) is 0 Å². The monoisotopic (exact) mass is 320 g/mol. The normalized spacial score (nSPS) is 13.2. The van der Waals surface area contributed by atoms with Gasteiger partial charge in [0, 0.05) is 4.90 Å². The van der Waals surface area contributed by atoms with Crippen molar-refractivity contribution in [2.45, 2.75) is 4.90 Å². The second kappa shape index (κ2) is 8.20. The zero-order valence-electron chi connectivity index (χ0n) is 9.85. The molecule has 0 N–H and O–H groups in total. The zero-order valence-corrected chi connectivity index (χ0v) is 15.5. The molecule has 0 saturated heterocycles.